The molecule has 0 saturated carbocycles. The van der Waals surface area contributed by atoms with Gasteiger partial charge in [-0.25, -0.2) is 9.78 Å². The zero-order valence-corrected chi connectivity index (χ0v) is 18.6. The van der Waals surface area contributed by atoms with Gasteiger partial charge in [0.1, 0.15) is 18.0 Å². The number of rotatable bonds is 3. The van der Waals surface area contributed by atoms with Crippen LogP contribution >= 0.6 is 11.6 Å². The number of ether oxygens (including phenoxy) is 1. The van der Waals surface area contributed by atoms with Crippen LogP contribution in [0.3, 0.4) is 0 Å². The van der Waals surface area contributed by atoms with E-state index in [-0.39, 0.29) is 49.3 Å². The summed E-state index contributed by atoms with van der Waals surface area (Å²) >= 11 is 6.05. The number of halogens is 2. The quantitative estimate of drug-likeness (QED) is 0.669. The molecule has 2 aromatic heterocycles. The van der Waals surface area contributed by atoms with E-state index in [1.165, 1.54) is 9.80 Å². The average Bonchev–Trinajstić information content (AvgIpc) is 2.89. The summed E-state index contributed by atoms with van der Waals surface area (Å²) in [7, 11) is 0. The van der Waals surface area contributed by atoms with Gasteiger partial charge < -0.3 is 25.0 Å². The highest BCUT2D eigenvalue weighted by Gasteiger charge is 2.40. The Balaban J connectivity index is 1.79. The maximum atomic E-state index is 14.9. The molecular formula is C21H23ClFN5O4. The van der Waals surface area contributed by atoms with Gasteiger partial charge in [0.05, 0.1) is 17.4 Å². The van der Waals surface area contributed by atoms with E-state index in [4.69, 9.17) is 16.3 Å². The molecule has 1 fully saturated rings. The Labute approximate surface area is 189 Å². The third kappa shape index (κ3) is 3.79. The van der Waals surface area contributed by atoms with Crippen molar-refractivity contribution in [3.05, 3.63) is 40.1 Å². The second-order valence-corrected chi connectivity index (χ2v) is 8.49. The normalized spacial score (nSPS) is 18.1. The van der Waals surface area contributed by atoms with Crippen LogP contribution in [0.5, 0.6) is 5.75 Å². The molecule has 2 aromatic rings. The Morgan fingerprint density at radius 3 is 2.84 bits per heavy atom. The van der Waals surface area contributed by atoms with Crippen molar-refractivity contribution in [1.29, 1.82) is 0 Å². The van der Waals surface area contributed by atoms with E-state index in [0.29, 0.717) is 5.69 Å². The second-order valence-electron chi connectivity index (χ2n) is 8.13. The summed E-state index contributed by atoms with van der Waals surface area (Å²) in [5.41, 5.74) is 2.21. The Morgan fingerprint density at radius 1 is 1.41 bits per heavy atom. The van der Waals surface area contributed by atoms with Crippen LogP contribution in [0.4, 0.5) is 20.7 Å². The monoisotopic (exact) mass is 463 g/mol. The molecule has 11 heteroatoms. The number of pyridine rings is 2. The lowest BCUT2D eigenvalue weighted by molar-refractivity contribution is 0.0389. The van der Waals surface area contributed by atoms with Gasteiger partial charge in [0.25, 0.3) is 5.91 Å². The number of carbonyl (C=O) groups excluding carboxylic acids is 1. The van der Waals surface area contributed by atoms with Gasteiger partial charge >= 0.3 is 6.09 Å². The minimum atomic E-state index is -1.08. The fraction of sp³-hybridized carbons (Fsp3) is 0.429. The summed E-state index contributed by atoms with van der Waals surface area (Å²) in [5, 5.41) is 12.0. The first-order chi connectivity index (χ1) is 15.2. The summed E-state index contributed by atoms with van der Waals surface area (Å²) in [4.78, 5) is 36.1. The van der Waals surface area contributed by atoms with Gasteiger partial charge in [0.2, 0.25) is 5.82 Å². The van der Waals surface area contributed by atoms with Crippen LogP contribution in [0.15, 0.2) is 12.3 Å². The van der Waals surface area contributed by atoms with E-state index in [9.17, 15) is 19.1 Å². The first kappa shape index (κ1) is 22.1. The summed E-state index contributed by atoms with van der Waals surface area (Å²) in [6, 6.07) is 1.26. The molecular weight excluding hydrogens is 441 g/mol. The van der Waals surface area contributed by atoms with Crippen LogP contribution in [0.2, 0.25) is 5.15 Å². The molecule has 9 nitrogen and oxygen atoms in total. The molecule has 32 heavy (non-hydrogen) atoms. The van der Waals surface area contributed by atoms with E-state index >= 15 is 0 Å². The van der Waals surface area contributed by atoms with Crippen LogP contribution in [0.25, 0.3) is 0 Å². The van der Waals surface area contributed by atoms with Crippen LogP contribution in [-0.2, 0) is 0 Å². The van der Waals surface area contributed by atoms with Crippen molar-refractivity contribution in [3.8, 4) is 5.75 Å². The molecule has 4 rings (SSSR count). The maximum absolute atomic E-state index is 14.9. The van der Waals surface area contributed by atoms with E-state index in [1.54, 1.807) is 6.20 Å². The fourth-order valence-corrected chi connectivity index (χ4v) is 4.17. The van der Waals surface area contributed by atoms with Crippen molar-refractivity contribution in [1.82, 2.24) is 19.8 Å². The van der Waals surface area contributed by atoms with Crippen molar-refractivity contribution in [3.63, 3.8) is 0 Å². The van der Waals surface area contributed by atoms with Gasteiger partial charge in [0.15, 0.2) is 10.9 Å². The highest BCUT2D eigenvalue weighted by atomic mass is 35.5. The number of hydrogen-bond acceptors (Lipinski definition) is 6. The van der Waals surface area contributed by atoms with Crippen molar-refractivity contribution < 1.29 is 23.8 Å². The Morgan fingerprint density at radius 2 is 2.16 bits per heavy atom. The van der Waals surface area contributed by atoms with Gasteiger partial charge in [-0.05, 0) is 24.5 Å². The molecule has 0 aromatic carbocycles. The van der Waals surface area contributed by atoms with Crippen LogP contribution in [0, 0.1) is 12.7 Å². The van der Waals surface area contributed by atoms with Gasteiger partial charge in [-0.1, -0.05) is 25.4 Å². The zero-order valence-electron chi connectivity index (χ0n) is 17.9. The molecule has 2 aliphatic rings. The molecule has 2 amide bonds. The van der Waals surface area contributed by atoms with Gasteiger partial charge in [-0.15, -0.1) is 0 Å². The first-order valence-corrected chi connectivity index (χ1v) is 10.6. The second kappa shape index (κ2) is 8.42. The molecule has 1 saturated heterocycles. The topological polar surface area (TPSA) is 108 Å². The molecule has 2 N–H and O–H groups in total. The summed E-state index contributed by atoms with van der Waals surface area (Å²) in [5.74, 6) is -1.57. The number of fused-ring (bicyclic) bond motifs is 2. The van der Waals surface area contributed by atoms with Crippen LogP contribution in [-0.4, -0.2) is 69.2 Å². The number of carboxylic acid groups (broad SMARTS) is 1. The van der Waals surface area contributed by atoms with Gasteiger partial charge in [-0.2, -0.15) is 4.39 Å². The summed E-state index contributed by atoms with van der Waals surface area (Å²) in [6.45, 7) is 6.17. The van der Waals surface area contributed by atoms with E-state index < -0.39 is 29.0 Å². The number of anilines is 2. The standard InChI is InChI=1S/C21H23ClFN5O4/c1-10(2)15-16(11(3)4-5-24-15)25-19-13-17(14(23)18(22)26-19)32-9-12-8-27(21(30)31)6-7-28(12)20(13)29/h4-5,10,12H,6-9H2,1-3H3,(H,25,26)(H,30,31)/t12-/m0/s1. The highest BCUT2D eigenvalue weighted by molar-refractivity contribution is 6.30. The van der Waals surface area contributed by atoms with Crippen LogP contribution < -0.4 is 10.1 Å². The number of aromatic nitrogens is 2. The molecule has 0 bridgehead atoms. The molecule has 0 unspecified atom stereocenters. The van der Waals surface area contributed by atoms with Gasteiger partial charge in [0, 0.05) is 25.8 Å². The first-order valence-electron chi connectivity index (χ1n) is 10.2. The molecule has 4 heterocycles. The Hall–Kier alpha value is -3.14. The minimum absolute atomic E-state index is 0.0655. The maximum Gasteiger partial charge on any atom is 0.407 e. The van der Waals surface area contributed by atoms with Crippen molar-refractivity contribution in [2.75, 3.05) is 31.6 Å². The highest BCUT2D eigenvalue weighted by Crippen LogP contribution is 2.39. The number of carbonyl (C=O) groups is 2. The fourth-order valence-electron chi connectivity index (χ4n) is 4.00. The average molecular weight is 464 g/mol. The third-order valence-electron chi connectivity index (χ3n) is 5.68. The van der Waals surface area contributed by atoms with Crippen molar-refractivity contribution in [2.45, 2.75) is 32.7 Å². The number of aryl methyl sites for hydroxylation is 1. The lowest BCUT2D eigenvalue weighted by Crippen LogP contribution is -2.57. The Kier molecular flexibility index (Phi) is 5.81. The Bertz CT molecular complexity index is 1100. The molecule has 0 aliphatic carbocycles. The molecule has 0 spiro atoms. The molecule has 2 aliphatic heterocycles. The summed E-state index contributed by atoms with van der Waals surface area (Å²) < 4.78 is 20.6. The molecule has 170 valence electrons. The van der Waals surface area contributed by atoms with Crippen molar-refractivity contribution in [2.24, 2.45) is 0 Å². The SMILES string of the molecule is Cc1ccnc(C(C)C)c1Nc1nc(Cl)c(F)c2c1C(=O)N1CCN(C(=O)O)C[C@H]1CO2. The lowest BCUT2D eigenvalue weighted by atomic mass is 10.0. The smallest absolute Gasteiger partial charge is 0.407 e. The predicted octanol–water partition coefficient (Wildman–Crippen LogP) is 3.64. The molecule has 0 radical (unpaired) electrons. The third-order valence-corrected chi connectivity index (χ3v) is 5.93. The lowest BCUT2D eigenvalue weighted by Gasteiger charge is -2.38. The number of nitrogens with zero attached hydrogens (tertiary/aromatic N) is 4. The number of hydrogen-bond donors (Lipinski definition) is 2. The molecule has 1 atom stereocenters. The minimum Gasteiger partial charge on any atom is -0.487 e. The number of nitrogens with one attached hydrogen (secondary N) is 1. The van der Waals surface area contributed by atoms with Crippen molar-refractivity contribution >= 4 is 35.1 Å². The van der Waals surface area contributed by atoms with Crippen LogP contribution in [0.1, 0.15) is 41.4 Å². The van der Waals surface area contributed by atoms with E-state index in [0.717, 1.165) is 11.3 Å². The largest absolute Gasteiger partial charge is 0.487 e. The number of amides is 2. The van der Waals surface area contributed by atoms with Gasteiger partial charge in [-0.3, -0.25) is 9.78 Å². The van der Waals surface area contributed by atoms with E-state index in [2.05, 4.69) is 15.3 Å². The predicted molar refractivity (Wildman–Crippen MR) is 115 cm³/mol. The number of piperazine rings is 1. The zero-order chi connectivity index (χ0) is 23.2. The summed E-state index contributed by atoms with van der Waals surface area (Å²) in [6.07, 6.45) is 0.618. The van der Waals surface area contributed by atoms with E-state index in [1.807, 2.05) is 26.8 Å².